The van der Waals surface area contributed by atoms with Crippen LogP contribution in [-0.4, -0.2) is 23.5 Å². The van der Waals surface area contributed by atoms with Crippen LogP contribution >= 0.6 is 0 Å². The molecule has 3 aromatic rings. The molecule has 0 radical (unpaired) electrons. The van der Waals surface area contributed by atoms with Crippen molar-refractivity contribution in [3.63, 3.8) is 0 Å². The predicted molar refractivity (Wildman–Crippen MR) is 108 cm³/mol. The summed E-state index contributed by atoms with van der Waals surface area (Å²) in [5.41, 5.74) is 4.96. The molecule has 1 heterocycles. The lowest BCUT2D eigenvalue weighted by Gasteiger charge is -2.20. The Balaban J connectivity index is 1.56. The molecule has 0 saturated heterocycles. The van der Waals surface area contributed by atoms with E-state index in [0.29, 0.717) is 5.56 Å². The molecule has 0 unspecified atom stereocenters. The number of pyridine rings is 1. The number of benzene rings is 2. The van der Waals surface area contributed by atoms with Crippen molar-refractivity contribution in [3.05, 3.63) is 70.9 Å². The zero-order valence-corrected chi connectivity index (χ0v) is 15.8. The maximum atomic E-state index is 12.9. The standard InChI is InChI=1S/C23H22N2O3/c1-15-8-2-5-11-18(15)25-21(26)14-28-23(27)22-16-9-3-6-12-19(16)24-20-13-7-4-10-17(20)22/h2-3,5-6,8-9,11-12H,4,7,10,13-14H2,1H3,(H,25,26). The van der Waals surface area contributed by atoms with Crippen molar-refractivity contribution in [1.29, 1.82) is 0 Å². The number of anilines is 1. The number of fused-ring (bicyclic) bond motifs is 2. The Morgan fingerprint density at radius 2 is 1.79 bits per heavy atom. The first-order valence-electron chi connectivity index (χ1n) is 9.56. The highest BCUT2D eigenvalue weighted by Crippen LogP contribution is 2.29. The molecule has 5 nitrogen and oxygen atoms in total. The van der Waals surface area contributed by atoms with Gasteiger partial charge in [0.2, 0.25) is 0 Å². The van der Waals surface area contributed by atoms with Gasteiger partial charge in [0.15, 0.2) is 6.61 Å². The van der Waals surface area contributed by atoms with E-state index in [0.717, 1.165) is 59.1 Å². The minimum atomic E-state index is -0.461. The number of ether oxygens (including phenoxy) is 1. The van der Waals surface area contributed by atoms with Crippen LogP contribution in [0.5, 0.6) is 0 Å². The van der Waals surface area contributed by atoms with Gasteiger partial charge in [-0.15, -0.1) is 0 Å². The monoisotopic (exact) mass is 374 g/mol. The summed E-state index contributed by atoms with van der Waals surface area (Å²) in [6, 6.07) is 15.1. The van der Waals surface area contributed by atoms with Crippen molar-refractivity contribution in [2.45, 2.75) is 32.6 Å². The van der Waals surface area contributed by atoms with Gasteiger partial charge >= 0.3 is 5.97 Å². The number of rotatable bonds is 4. The van der Waals surface area contributed by atoms with Gasteiger partial charge in [0, 0.05) is 16.8 Å². The van der Waals surface area contributed by atoms with Gasteiger partial charge < -0.3 is 10.1 Å². The van der Waals surface area contributed by atoms with Gasteiger partial charge in [0.05, 0.1) is 11.1 Å². The number of amides is 1. The van der Waals surface area contributed by atoms with Gasteiger partial charge in [-0.2, -0.15) is 0 Å². The lowest BCUT2D eigenvalue weighted by atomic mass is 9.90. The van der Waals surface area contributed by atoms with Crippen LogP contribution in [0.1, 0.15) is 40.0 Å². The number of esters is 1. The van der Waals surface area contributed by atoms with Crippen molar-refractivity contribution in [3.8, 4) is 0 Å². The SMILES string of the molecule is Cc1ccccc1NC(=O)COC(=O)c1c2c(nc3ccccc13)CCCC2. The van der Waals surface area contributed by atoms with E-state index in [-0.39, 0.29) is 12.5 Å². The van der Waals surface area contributed by atoms with Gasteiger partial charge in [-0.1, -0.05) is 36.4 Å². The fourth-order valence-electron chi connectivity index (χ4n) is 3.71. The highest BCUT2D eigenvalue weighted by Gasteiger charge is 2.24. The second kappa shape index (κ2) is 7.80. The third kappa shape index (κ3) is 3.60. The van der Waals surface area contributed by atoms with Crippen LogP contribution in [0.2, 0.25) is 0 Å². The fourth-order valence-corrected chi connectivity index (χ4v) is 3.71. The maximum Gasteiger partial charge on any atom is 0.339 e. The van der Waals surface area contributed by atoms with E-state index in [2.05, 4.69) is 5.32 Å². The Kier molecular flexibility index (Phi) is 5.06. The molecule has 5 heteroatoms. The van der Waals surface area contributed by atoms with Gasteiger partial charge in [0.25, 0.3) is 5.91 Å². The molecule has 0 fully saturated rings. The molecular formula is C23H22N2O3. The second-order valence-electron chi connectivity index (χ2n) is 7.08. The van der Waals surface area contributed by atoms with Gasteiger partial charge in [-0.05, 0) is 55.9 Å². The third-order valence-corrected chi connectivity index (χ3v) is 5.13. The minimum Gasteiger partial charge on any atom is -0.452 e. The van der Waals surface area contributed by atoms with Gasteiger partial charge in [-0.25, -0.2) is 4.79 Å². The van der Waals surface area contributed by atoms with E-state index in [4.69, 9.17) is 9.72 Å². The molecule has 2 aromatic carbocycles. The quantitative estimate of drug-likeness (QED) is 0.695. The summed E-state index contributed by atoms with van der Waals surface area (Å²) in [6.45, 7) is 1.59. The number of carbonyl (C=O) groups is 2. The Bertz CT molecular complexity index is 1060. The summed E-state index contributed by atoms with van der Waals surface area (Å²) >= 11 is 0. The smallest absolute Gasteiger partial charge is 0.339 e. The Morgan fingerprint density at radius 1 is 1.04 bits per heavy atom. The number of para-hydroxylation sites is 2. The number of nitrogens with zero attached hydrogens (tertiary/aromatic N) is 1. The van der Waals surface area contributed by atoms with Crippen LogP contribution in [0.15, 0.2) is 48.5 Å². The Hall–Kier alpha value is -3.21. The summed E-state index contributed by atoms with van der Waals surface area (Å²) in [5, 5.41) is 3.57. The molecule has 1 N–H and O–H groups in total. The number of hydrogen-bond donors (Lipinski definition) is 1. The first-order valence-corrected chi connectivity index (χ1v) is 9.56. The molecule has 1 aliphatic rings. The Morgan fingerprint density at radius 3 is 2.64 bits per heavy atom. The lowest BCUT2D eigenvalue weighted by Crippen LogP contribution is -2.23. The predicted octanol–water partition coefficient (Wildman–Crippen LogP) is 4.22. The zero-order chi connectivity index (χ0) is 19.5. The molecule has 1 aliphatic carbocycles. The summed E-state index contributed by atoms with van der Waals surface area (Å²) in [4.78, 5) is 29.9. The molecule has 28 heavy (non-hydrogen) atoms. The van der Waals surface area contributed by atoms with E-state index >= 15 is 0 Å². The molecule has 0 bridgehead atoms. The van der Waals surface area contributed by atoms with Crippen LogP contribution in [-0.2, 0) is 22.4 Å². The van der Waals surface area contributed by atoms with Crippen molar-refractivity contribution in [1.82, 2.24) is 4.98 Å². The number of carbonyl (C=O) groups excluding carboxylic acids is 2. The molecule has 0 aliphatic heterocycles. The topological polar surface area (TPSA) is 68.3 Å². The van der Waals surface area contributed by atoms with Crippen molar-refractivity contribution in [2.75, 3.05) is 11.9 Å². The summed E-state index contributed by atoms with van der Waals surface area (Å²) < 4.78 is 5.40. The van der Waals surface area contributed by atoms with E-state index < -0.39 is 5.97 Å². The Labute approximate surface area is 163 Å². The number of hydrogen-bond acceptors (Lipinski definition) is 4. The summed E-state index contributed by atoms with van der Waals surface area (Å²) in [5.74, 6) is -0.813. The average Bonchev–Trinajstić information content (AvgIpc) is 2.72. The van der Waals surface area contributed by atoms with Gasteiger partial charge in [-0.3, -0.25) is 9.78 Å². The highest BCUT2D eigenvalue weighted by molar-refractivity contribution is 6.06. The van der Waals surface area contributed by atoms with Crippen molar-refractivity contribution in [2.24, 2.45) is 0 Å². The fraction of sp³-hybridized carbons (Fsp3) is 0.261. The number of nitrogens with one attached hydrogen (secondary N) is 1. The van der Waals surface area contributed by atoms with E-state index in [1.807, 2.05) is 55.5 Å². The molecule has 4 rings (SSSR count). The van der Waals surface area contributed by atoms with Crippen LogP contribution in [0.3, 0.4) is 0 Å². The van der Waals surface area contributed by atoms with Gasteiger partial charge in [0.1, 0.15) is 0 Å². The first kappa shape index (κ1) is 18.2. The lowest BCUT2D eigenvalue weighted by molar-refractivity contribution is -0.119. The van der Waals surface area contributed by atoms with Crippen LogP contribution < -0.4 is 5.32 Å². The van der Waals surface area contributed by atoms with E-state index in [1.165, 1.54) is 0 Å². The largest absolute Gasteiger partial charge is 0.452 e. The normalized spacial score (nSPS) is 13.0. The van der Waals surface area contributed by atoms with Crippen molar-refractivity contribution >= 4 is 28.5 Å². The van der Waals surface area contributed by atoms with Crippen LogP contribution in [0, 0.1) is 6.92 Å². The average molecular weight is 374 g/mol. The molecule has 1 aromatic heterocycles. The molecule has 1 amide bonds. The first-order chi connectivity index (χ1) is 13.6. The van der Waals surface area contributed by atoms with Crippen LogP contribution in [0.4, 0.5) is 5.69 Å². The second-order valence-corrected chi connectivity index (χ2v) is 7.08. The number of aryl methyl sites for hydroxylation is 2. The highest BCUT2D eigenvalue weighted by atomic mass is 16.5. The summed E-state index contributed by atoms with van der Waals surface area (Å²) in [7, 11) is 0. The maximum absolute atomic E-state index is 12.9. The third-order valence-electron chi connectivity index (χ3n) is 5.13. The zero-order valence-electron chi connectivity index (χ0n) is 15.8. The molecule has 0 spiro atoms. The van der Waals surface area contributed by atoms with E-state index in [9.17, 15) is 9.59 Å². The molecule has 142 valence electrons. The van der Waals surface area contributed by atoms with Crippen LogP contribution in [0.25, 0.3) is 10.9 Å². The summed E-state index contributed by atoms with van der Waals surface area (Å²) in [6.07, 6.45) is 3.79. The number of aromatic nitrogens is 1. The minimum absolute atomic E-state index is 0.321. The van der Waals surface area contributed by atoms with Crippen molar-refractivity contribution < 1.29 is 14.3 Å². The molecule has 0 atom stereocenters. The molecular weight excluding hydrogens is 352 g/mol. The van der Waals surface area contributed by atoms with E-state index in [1.54, 1.807) is 0 Å². The molecule has 0 saturated carbocycles.